The summed E-state index contributed by atoms with van der Waals surface area (Å²) < 4.78 is 0. The summed E-state index contributed by atoms with van der Waals surface area (Å²) in [5.41, 5.74) is 8.25. The smallest absolute Gasteiger partial charge is 0.255 e. The monoisotopic (exact) mass is 376 g/mol. The van der Waals surface area contributed by atoms with Gasteiger partial charge in [-0.2, -0.15) is 0 Å². The van der Waals surface area contributed by atoms with Crippen molar-refractivity contribution in [1.82, 2.24) is 15.2 Å². The number of aromatic nitrogens is 1. The van der Waals surface area contributed by atoms with Crippen LogP contribution >= 0.6 is 11.3 Å². The molecule has 2 heterocycles. The fraction of sp³-hybridized carbons (Fsp3) is 0.353. The quantitative estimate of drug-likeness (QED) is 0.545. The number of nitrogens with two attached hydrogens (primary N) is 1. The Morgan fingerprint density at radius 3 is 2.46 bits per heavy atom. The Labute approximate surface area is 154 Å². The highest BCUT2D eigenvalue weighted by Gasteiger charge is 2.35. The zero-order valence-electron chi connectivity index (χ0n) is 14.0. The first kappa shape index (κ1) is 18.3. The zero-order chi connectivity index (χ0) is 18.7. The van der Waals surface area contributed by atoms with Crippen molar-refractivity contribution in [1.29, 1.82) is 0 Å². The number of carbonyl (C=O) groups is 2. The zero-order valence-corrected chi connectivity index (χ0v) is 14.8. The number of aliphatic hydroxyl groups excluding tert-OH is 2. The van der Waals surface area contributed by atoms with Gasteiger partial charge < -0.3 is 26.2 Å². The van der Waals surface area contributed by atoms with Gasteiger partial charge in [-0.3, -0.25) is 9.59 Å². The fourth-order valence-corrected chi connectivity index (χ4v) is 3.41. The first-order chi connectivity index (χ1) is 12.5. The molecule has 8 nitrogen and oxygen atoms in total. The predicted octanol–water partition coefficient (Wildman–Crippen LogP) is -0.352. The molecule has 1 aliphatic heterocycles. The van der Waals surface area contributed by atoms with Gasteiger partial charge in [0.2, 0.25) is 0 Å². The fourth-order valence-electron chi connectivity index (χ4n) is 2.81. The minimum absolute atomic E-state index is 0.217. The van der Waals surface area contributed by atoms with E-state index in [-0.39, 0.29) is 6.54 Å². The molecule has 5 N–H and O–H groups in total. The van der Waals surface area contributed by atoms with Crippen LogP contribution in [-0.4, -0.2) is 50.7 Å². The first-order valence-corrected chi connectivity index (χ1v) is 9.03. The Balaban J connectivity index is 1.49. The van der Waals surface area contributed by atoms with Gasteiger partial charge in [0.1, 0.15) is 0 Å². The molecule has 1 aromatic carbocycles. The van der Waals surface area contributed by atoms with Crippen LogP contribution in [0.25, 0.3) is 0 Å². The van der Waals surface area contributed by atoms with Gasteiger partial charge in [-0.25, -0.2) is 4.98 Å². The van der Waals surface area contributed by atoms with Crippen molar-refractivity contribution in [3.05, 3.63) is 46.5 Å². The maximum absolute atomic E-state index is 12.4. The van der Waals surface area contributed by atoms with E-state index in [9.17, 15) is 19.8 Å². The summed E-state index contributed by atoms with van der Waals surface area (Å²) in [5, 5.41) is 24.8. The van der Waals surface area contributed by atoms with E-state index in [4.69, 9.17) is 5.73 Å². The Morgan fingerprint density at radius 1 is 1.23 bits per heavy atom. The molecule has 0 bridgehead atoms. The molecule has 2 amide bonds. The SMILES string of the molecule is Nc1nc(CCNC(=O)[C@H](O)[C@@H](O)C(=O)N2Cc3ccccc3C2)cs1. The van der Waals surface area contributed by atoms with Crippen LogP contribution in [0.5, 0.6) is 0 Å². The molecule has 138 valence electrons. The molecule has 0 saturated heterocycles. The van der Waals surface area contributed by atoms with Gasteiger partial charge in [-0.15, -0.1) is 11.3 Å². The van der Waals surface area contributed by atoms with Crippen LogP contribution in [0, 0.1) is 0 Å². The highest BCUT2D eigenvalue weighted by molar-refractivity contribution is 7.13. The Kier molecular flexibility index (Phi) is 5.50. The minimum atomic E-state index is -1.83. The van der Waals surface area contributed by atoms with Crippen molar-refractivity contribution in [3.8, 4) is 0 Å². The number of anilines is 1. The Bertz CT molecular complexity index is 785. The number of hydrogen-bond donors (Lipinski definition) is 4. The minimum Gasteiger partial charge on any atom is -0.380 e. The van der Waals surface area contributed by atoms with Gasteiger partial charge in [0.25, 0.3) is 11.8 Å². The Hall–Kier alpha value is -2.49. The molecule has 0 unspecified atom stereocenters. The molecule has 0 aliphatic carbocycles. The molecule has 9 heteroatoms. The molecular formula is C17H20N4O4S. The number of nitrogens with zero attached hydrogens (tertiary/aromatic N) is 2. The van der Waals surface area contributed by atoms with Crippen molar-refractivity contribution < 1.29 is 19.8 Å². The summed E-state index contributed by atoms with van der Waals surface area (Å²) >= 11 is 1.30. The van der Waals surface area contributed by atoms with E-state index in [0.29, 0.717) is 24.6 Å². The normalized spacial score (nSPS) is 15.4. The summed E-state index contributed by atoms with van der Waals surface area (Å²) in [4.78, 5) is 29.8. The number of fused-ring (bicyclic) bond motifs is 1. The van der Waals surface area contributed by atoms with E-state index in [0.717, 1.165) is 16.8 Å². The van der Waals surface area contributed by atoms with Gasteiger partial charge in [0.15, 0.2) is 17.3 Å². The lowest BCUT2D eigenvalue weighted by Gasteiger charge is -2.22. The highest BCUT2D eigenvalue weighted by atomic mass is 32.1. The number of thiazole rings is 1. The number of amides is 2. The van der Waals surface area contributed by atoms with Crippen LogP contribution in [-0.2, 0) is 29.1 Å². The van der Waals surface area contributed by atoms with Gasteiger partial charge in [0.05, 0.1) is 5.69 Å². The molecular weight excluding hydrogens is 356 g/mol. The second kappa shape index (κ2) is 7.81. The summed E-state index contributed by atoms with van der Waals surface area (Å²) in [7, 11) is 0. The average molecular weight is 376 g/mol. The molecule has 2 aromatic rings. The molecule has 26 heavy (non-hydrogen) atoms. The summed E-state index contributed by atoms with van der Waals surface area (Å²) in [6.45, 7) is 0.923. The topological polar surface area (TPSA) is 129 Å². The van der Waals surface area contributed by atoms with Gasteiger partial charge in [-0.1, -0.05) is 24.3 Å². The lowest BCUT2D eigenvalue weighted by atomic mass is 10.1. The van der Waals surface area contributed by atoms with Gasteiger partial charge in [-0.05, 0) is 11.1 Å². The third-order valence-electron chi connectivity index (χ3n) is 4.22. The number of benzene rings is 1. The van der Waals surface area contributed by atoms with E-state index in [2.05, 4.69) is 10.3 Å². The van der Waals surface area contributed by atoms with Crippen LogP contribution in [0.2, 0.25) is 0 Å². The maximum Gasteiger partial charge on any atom is 0.255 e. The van der Waals surface area contributed by atoms with Crippen LogP contribution in [0.15, 0.2) is 29.6 Å². The summed E-state index contributed by atoms with van der Waals surface area (Å²) in [5.74, 6) is -1.47. The third-order valence-corrected chi connectivity index (χ3v) is 4.95. The van der Waals surface area contributed by atoms with Crippen molar-refractivity contribution in [2.75, 3.05) is 12.3 Å². The van der Waals surface area contributed by atoms with Crippen LogP contribution < -0.4 is 11.1 Å². The van der Waals surface area contributed by atoms with Crippen molar-refractivity contribution in [2.24, 2.45) is 0 Å². The highest BCUT2D eigenvalue weighted by Crippen LogP contribution is 2.23. The van der Waals surface area contributed by atoms with Crippen molar-refractivity contribution in [3.63, 3.8) is 0 Å². The van der Waals surface area contributed by atoms with E-state index < -0.39 is 24.0 Å². The van der Waals surface area contributed by atoms with Crippen molar-refractivity contribution in [2.45, 2.75) is 31.7 Å². The average Bonchev–Trinajstić information content (AvgIpc) is 3.25. The number of nitrogens with one attached hydrogen (secondary N) is 1. The van der Waals surface area contributed by atoms with Crippen LogP contribution in [0.1, 0.15) is 16.8 Å². The van der Waals surface area contributed by atoms with E-state index in [1.807, 2.05) is 24.3 Å². The lowest BCUT2D eigenvalue weighted by Crippen LogP contribution is -2.50. The van der Waals surface area contributed by atoms with Gasteiger partial charge in [0, 0.05) is 31.4 Å². The second-order valence-electron chi connectivity index (χ2n) is 6.07. The molecule has 2 atom stereocenters. The molecule has 0 saturated carbocycles. The molecule has 1 aliphatic rings. The van der Waals surface area contributed by atoms with Gasteiger partial charge >= 0.3 is 0 Å². The third kappa shape index (κ3) is 4.01. The van der Waals surface area contributed by atoms with E-state index in [1.54, 1.807) is 5.38 Å². The van der Waals surface area contributed by atoms with Crippen LogP contribution in [0.4, 0.5) is 5.13 Å². The maximum atomic E-state index is 12.4. The number of nitrogen functional groups attached to an aromatic ring is 1. The first-order valence-electron chi connectivity index (χ1n) is 8.15. The second-order valence-corrected chi connectivity index (χ2v) is 6.96. The molecule has 0 fully saturated rings. The number of hydrogen-bond acceptors (Lipinski definition) is 7. The largest absolute Gasteiger partial charge is 0.380 e. The molecule has 1 aromatic heterocycles. The number of carbonyl (C=O) groups excluding carboxylic acids is 2. The summed E-state index contributed by atoms with van der Waals surface area (Å²) in [6.07, 6.45) is -3.19. The lowest BCUT2D eigenvalue weighted by molar-refractivity contribution is -0.153. The van der Waals surface area contributed by atoms with E-state index >= 15 is 0 Å². The standard InChI is InChI=1S/C17H20N4O4S/c18-17-20-12(9-26-17)5-6-19-15(24)13(22)14(23)16(25)21-7-10-3-1-2-4-11(10)8-21/h1-4,9,13-14,22-23H,5-8H2,(H2,18,20)(H,19,24)/t13-,14-/m1/s1. The summed E-state index contributed by atoms with van der Waals surface area (Å²) in [6, 6.07) is 7.57. The number of aliphatic hydroxyl groups is 2. The van der Waals surface area contributed by atoms with E-state index in [1.165, 1.54) is 16.2 Å². The molecule has 0 spiro atoms. The van der Waals surface area contributed by atoms with Crippen LogP contribution in [0.3, 0.4) is 0 Å². The Morgan fingerprint density at radius 2 is 1.88 bits per heavy atom. The predicted molar refractivity (Wildman–Crippen MR) is 95.9 cm³/mol. The number of rotatable bonds is 6. The van der Waals surface area contributed by atoms with Crippen molar-refractivity contribution >= 4 is 28.3 Å². The molecule has 0 radical (unpaired) electrons. The molecule has 3 rings (SSSR count).